The average Bonchev–Trinajstić information content (AvgIpc) is 2.73. The van der Waals surface area contributed by atoms with Crippen molar-refractivity contribution in [1.82, 2.24) is 10.2 Å². The molecule has 198 valence electrons. The lowest BCUT2D eigenvalue weighted by Crippen LogP contribution is -2.55. The number of sulfonamides is 1. The summed E-state index contributed by atoms with van der Waals surface area (Å²) in [5.41, 5.74) is 0.0416. The molecule has 1 N–H and O–H groups in total. The van der Waals surface area contributed by atoms with E-state index in [4.69, 9.17) is 46.4 Å². The number of anilines is 1. The summed E-state index contributed by atoms with van der Waals surface area (Å²) in [6.07, 6.45) is 1.24. The summed E-state index contributed by atoms with van der Waals surface area (Å²) in [6.45, 7) is 6.54. The van der Waals surface area contributed by atoms with E-state index in [1.165, 1.54) is 23.1 Å². The monoisotopic (exact) mass is 595 g/mol. The zero-order chi connectivity index (χ0) is 27.4. The first-order valence-electron chi connectivity index (χ1n) is 11.0. The number of amides is 2. The molecule has 2 rings (SSSR count). The normalized spacial score (nSPS) is 12.7. The Labute approximate surface area is 232 Å². The summed E-state index contributed by atoms with van der Waals surface area (Å²) in [5.74, 6) is -1.01. The average molecular weight is 597 g/mol. The molecule has 0 fully saturated rings. The molecule has 0 heterocycles. The van der Waals surface area contributed by atoms with Crippen molar-refractivity contribution < 1.29 is 18.0 Å². The molecule has 0 aliphatic heterocycles. The summed E-state index contributed by atoms with van der Waals surface area (Å²) in [6, 6.07) is 8.24. The van der Waals surface area contributed by atoms with Gasteiger partial charge in [0.25, 0.3) is 0 Å². The first-order chi connectivity index (χ1) is 16.5. The van der Waals surface area contributed by atoms with E-state index in [-0.39, 0.29) is 34.6 Å². The van der Waals surface area contributed by atoms with Gasteiger partial charge in [-0.1, -0.05) is 59.4 Å². The van der Waals surface area contributed by atoms with Crippen LogP contribution in [0, 0.1) is 0 Å². The van der Waals surface area contributed by atoms with Gasteiger partial charge in [-0.3, -0.25) is 13.9 Å². The number of nitrogens with zero attached hydrogens (tertiary/aromatic N) is 2. The third-order valence-electron chi connectivity index (χ3n) is 5.14. The zero-order valence-corrected chi connectivity index (χ0v) is 24.5. The van der Waals surface area contributed by atoms with Crippen LogP contribution in [-0.4, -0.2) is 49.5 Å². The standard InChI is InChI=1S/C24H29Cl4N3O4S/c1-6-21(23(33)29-24(2,3)4)30(13-16-17(25)8-7-9-18(16)26)22(32)14-31(36(5,34)35)15-10-11-19(27)20(28)12-15/h7-12,21H,6,13-14H2,1-5H3,(H,29,33). The van der Waals surface area contributed by atoms with Gasteiger partial charge in [0, 0.05) is 27.7 Å². The molecule has 2 amide bonds. The van der Waals surface area contributed by atoms with Crippen molar-refractivity contribution in [3.63, 3.8) is 0 Å². The van der Waals surface area contributed by atoms with Gasteiger partial charge < -0.3 is 10.2 Å². The van der Waals surface area contributed by atoms with Crippen molar-refractivity contribution >= 4 is 73.9 Å². The molecule has 0 radical (unpaired) electrons. The first kappa shape index (κ1) is 30.5. The number of nitrogens with one attached hydrogen (secondary N) is 1. The molecule has 12 heteroatoms. The van der Waals surface area contributed by atoms with Crippen LogP contribution < -0.4 is 9.62 Å². The van der Waals surface area contributed by atoms with E-state index >= 15 is 0 Å². The fourth-order valence-electron chi connectivity index (χ4n) is 3.48. The Balaban J connectivity index is 2.54. The van der Waals surface area contributed by atoms with Crippen LogP contribution in [0.3, 0.4) is 0 Å². The summed E-state index contributed by atoms with van der Waals surface area (Å²) in [7, 11) is -3.92. The molecule has 2 aromatic carbocycles. The second kappa shape index (κ2) is 12.2. The predicted molar refractivity (Wildman–Crippen MR) is 148 cm³/mol. The first-order valence-corrected chi connectivity index (χ1v) is 14.4. The number of benzene rings is 2. The van der Waals surface area contributed by atoms with Gasteiger partial charge in [0.2, 0.25) is 21.8 Å². The quantitative estimate of drug-likeness (QED) is 0.397. The minimum atomic E-state index is -3.92. The SMILES string of the molecule is CCC(C(=O)NC(C)(C)C)N(Cc1c(Cl)cccc1Cl)C(=O)CN(c1ccc(Cl)c(Cl)c1)S(C)(=O)=O. The van der Waals surface area contributed by atoms with Crippen molar-refractivity contribution in [3.8, 4) is 0 Å². The largest absolute Gasteiger partial charge is 0.350 e. The molecular formula is C24H29Cl4N3O4S. The van der Waals surface area contributed by atoms with E-state index in [9.17, 15) is 18.0 Å². The van der Waals surface area contributed by atoms with Gasteiger partial charge >= 0.3 is 0 Å². The van der Waals surface area contributed by atoms with Crippen LogP contribution in [-0.2, 0) is 26.2 Å². The van der Waals surface area contributed by atoms with Gasteiger partial charge in [-0.25, -0.2) is 8.42 Å². The van der Waals surface area contributed by atoms with E-state index in [0.717, 1.165) is 10.6 Å². The van der Waals surface area contributed by atoms with Gasteiger partial charge in [-0.05, 0) is 57.5 Å². The van der Waals surface area contributed by atoms with E-state index < -0.39 is 34.1 Å². The van der Waals surface area contributed by atoms with Gasteiger partial charge in [-0.15, -0.1) is 0 Å². The van der Waals surface area contributed by atoms with Crippen molar-refractivity contribution in [2.24, 2.45) is 0 Å². The molecule has 1 unspecified atom stereocenters. The van der Waals surface area contributed by atoms with Crippen LogP contribution in [0.5, 0.6) is 0 Å². The molecule has 0 spiro atoms. The van der Waals surface area contributed by atoms with E-state index in [1.54, 1.807) is 25.1 Å². The number of rotatable bonds is 9. The molecule has 0 aliphatic rings. The van der Waals surface area contributed by atoms with Gasteiger partial charge in [0.1, 0.15) is 12.6 Å². The van der Waals surface area contributed by atoms with E-state index in [0.29, 0.717) is 15.6 Å². The maximum Gasteiger partial charge on any atom is 0.244 e. The molecular weight excluding hydrogens is 568 g/mol. The van der Waals surface area contributed by atoms with Crippen LogP contribution in [0.1, 0.15) is 39.7 Å². The van der Waals surface area contributed by atoms with Gasteiger partial charge in [0.05, 0.1) is 22.0 Å². The summed E-state index contributed by atoms with van der Waals surface area (Å²) < 4.78 is 26.3. The Morgan fingerprint density at radius 3 is 2.03 bits per heavy atom. The molecule has 0 bridgehead atoms. The van der Waals surface area contributed by atoms with Crippen molar-refractivity contribution in [3.05, 3.63) is 62.1 Å². The van der Waals surface area contributed by atoms with E-state index in [2.05, 4.69) is 5.32 Å². The maximum absolute atomic E-state index is 13.7. The Morgan fingerprint density at radius 1 is 0.972 bits per heavy atom. The summed E-state index contributed by atoms with van der Waals surface area (Å²) in [4.78, 5) is 28.2. The third-order valence-corrected chi connectivity index (χ3v) is 7.73. The lowest BCUT2D eigenvalue weighted by atomic mass is 10.1. The number of carbonyl (C=O) groups excluding carboxylic acids is 2. The second-order valence-electron chi connectivity index (χ2n) is 9.25. The highest BCUT2D eigenvalue weighted by atomic mass is 35.5. The maximum atomic E-state index is 13.7. The number of halogens is 4. The number of carbonyl (C=O) groups is 2. The molecule has 0 saturated heterocycles. The van der Waals surface area contributed by atoms with Crippen LogP contribution in [0.2, 0.25) is 20.1 Å². The molecule has 36 heavy (non-hydrogen) atoms. The molecule has 0 aromatic heterocycles. The van der Waals surface area contributed by atoms with Crippen LogP contribution >= 0.6 is 46.4 Å². The Morgan fingerprint density at radius 2 is 1.56 bits per heavy atom. The van der Waals surface area contributed by atoms with Crippen LogP contribution in [0.25, 0.3) is 0 Å². The van der Waals surface area contributed by atoms with Crippen molar-refractivity contribution in [2.75, 3.05) is 17.1 Å². The second-order valence-corrected chi connectivity index (χ2v) is 12.8. The summed E-state index contributed by atoms with van der Waals surface area (Å²) in [5, 5.41) is 3.88. The fraction of sp³-hybridized carbons (Fsp3) is 0.417. The Bertz CT molecular complexity index is 1210. The van der Waals surface area contributed by atoms with Crippen LogP contribution in [0.4, 0.5) is 5.69 Å². The number of hydrogen-bond donors (Lipinski definition) is 1. The smallest absolute Gasteiger partial charge is 0.244 e. The lowest BCUT2D eigenvalue weighted by Gasteiger charge is -2.34. The third kappa shape index (κ3) is 8.15. The van der Waals surface area contributed by atoms with Crippen LogP contribution in [0.15, 0.2) is 36.4 Å². The van der Waals surface area contributed by atoms with Gasteiger partial charge in [-0.2, -0.15) is 0 Å². The van der Waals surface area contributed by atoms with E-state index in [1.807, 2.05) is 20.8 Å². The Hall–Kier alpha value is -1.71. The molecule has 0 saturated carbocycles. The minimum absolute atomic E-state index is 0.105. The minimum Gasteiger partial charge on any atom is -0.350 e. The topological polar surface area (TPSA) is 86.8 Å². The van der Waals surface area contributed by atoms with Gasteiger partial charge in [0.15, 0.2) is 0 Å². The highest BCUT2D eigenvalue weighted by Gasteiger charge is 2.33. The Kier molecular flexibility index (Phi) is 10.4. The molecule has 2 aromatic rings. The predicted octanol–water partition coefficient (Wildman–Crippen LogP) is 5.79. The zero-order valence-electron chi connectivity index (χ0n) is 20.6. The molecule has 0 aliphatic carbocycles. The molecule has 7 nitrogen and oxygen atoms in total. The highest BCUT2D eigenvalue weighted by molar-refractivity contribution is 7.92. The highest BCUT2D eigenvalue weighted by Crippen LogP contribution is 2.30. The summed E-state index contributed by atoms with van der Waals surface area (Å²) >= 11 is 24.8. The molecule has 1 atom stereocenters. The van der Waals surface area contributed by atoms with Crippen molar-refractivity contribution in [1.29, 1.82) is 0 Å². The van der Waals surface area contributed by atoms with Crippen molar-refractivity contribution in [2.45, 2.75) is 52.2 Å². The lowest BCUT2D eigenvalue weighted by molar-refractivity contribution is -0.141. The number of hydrogen-bond acceptors (Lipinski definition) is 4. The fourth-order valence-corrected chi connectivity index (χ4v) is 5.13.